The topological polar surface area (TPSA) is 66.4 Å². The summed E-state index contributed by atoms with van der Waals surface area (Å²) in [4.78, 5) is -0.0352. The molecular weight excluding hydrogens is 357 g/mol. The normalized spacial score (nSPS) is 11.4. The molecule has 112 valence electrons. The van der Waals surface area contributed by atoms with Crippen molar-refractivity contribution in [3.05, 3.63) is 57.0 Å². The highest BCUT2D eigenvalue weighted by Crippen LogP contribution is 2.28. The Labute approximate surface area is 137 Å². The Hall–Kier alpha value is -0.980. The molecule has 2 N–H and O–H groups in total. The third-order valence-corrected chi connectivity index (χ3v) is 4.97. The van der Waals surface area contributed by atoms with E-state index in [1.165, 1.54) is 30.3 Å². The molecule has 0 saturated carbocycles. The lowest BCUT2D eigenvalue weighted by molar-refractivity contribution is 0.281. The number of aliphatic hydroxyl groups excluding tert-OH is 1. The van der Waals surface area contributed by atoms with Gasteiger partial charge in [0, 0.05) is 10.0 Å². The molecule has 4 nitrogen and oxygen atoms in total. The fourth-order valence-electron chi connectivity index (χ4n) is 1.62. The summed E-state index contributed by atoms with van der Waals surface area (Å²) in [6.45, 7) is -0.361. The van der Waals surface area contributed by atoms with E-state index in [4.69, 9.17) is 39.9 Å². The summed E-state index contributed by atoms with van der Waals surface area (Å²) in [5, 5.41) is 10.0. The highest BCUT2D eigenvalue weighted by molar-refractivity contribution is 7.92. The Balaban J connectivity index is 2.41. The van der Waals surface area contributed by atoms with Crippen LogP contribution in [-0.4, -0.2) is 13.5 Å². The summed E-state index contributed by atoms with van der Waals surface area (Å²) in [7, 11) is -3.86. The molecule has 0 unspecified atom stereocenters. The average Bonchev–Trinajstić information content (AvgIpc) is 2.43. The molecule has 0 aliphatic heterocycles. The van der Waals surface area contributed by atoms with Gasteiger partial charge in [-0.25, -0.2) is 8.42 Å². The molecule has 0 aliphatic rings. The van der Waals surface area contributed by atoms with Gasteiger partial charge in [0.2, 0.25) is 0 Å². The first-order valence-electron chi connectivity index (χ1n) is 5.70. The standard InChI is InChI=1S/C13H10Cl3NO3S/c14-9-1-3-12(16)13(6-9)17-21(19,20)10-2-4-11(15)8(5-10)7-18/h1-6,17-18H,7H2. The van der Waals surface area contributed by atoms with E-state index in [2.05, 4.69) is 4.72 Å². The van der Waals surface area contributed by atoms with Crippen molar-refractivity contribution in [2.24, 2.45) is 0 Å². The largest absolute Gasteiger partial charge is 0.392 e. The third-order valence-electron chi connectivity index (χ3n) is 2.67. The first kappa shape index (κ1) is 16.4. The number of anilines is 1. The lowest BCUT2D eigenvalue weighted by Crippen LogP contribution is -2.13. The number of halogens is 3. The quantitative estimate of drug-likeness (QED) is 0.861. The van der Waals surface area contributed by atoms with Crippen LogP contribution < -0.4 is 4.72 Å². The van der Waals surface area contributed by atoms with Crippen molar-refractivity contribution in [2.75, 3.05) is 4.72 Å². The highest BCUT2D eigenvalue weighted by atomic mass is 35.5. The molecule has 0 heterocycles. The maximum absolute atomic E-state index is 12.3. The first-order valence-corrected chi connectivity index (χ1v) is 8.32. The molecule has 0 aromatic heterocycles. The Morgan fingerprint density at radius 1 is 1.00 bits per heavy atom. The summed E-state index contributed by atoms with van der Waals surface area (Å²) >= 11 is 17.6. The zero-order chi connectivity index (χ0) is 15.6. The SMILES string of the molecule is O=S(=O)(Nc1cc(Cl)ccc1Cl)c1ccc(Cl)c(CO)c1. The van der Waals surface area contributed by atoms with E-state index >= 15 is 0 Å². The van der Waals surface area contributed by atoms with Crippen LogP contribution in [0.5, 0.6) is 0 Å². The molecule has 0 saturated heterocycles. The number of benzene rings is 2. The number of aliphatic hydroxyl groups is 1. The molecule has 0 amide bonds. The van der Waals surface area contributed by atoms with Crippen molar-refractivity contribution in [3.8, 4) is 0 Å². The smallest absolute Gasteiger partial charge is 0.261 e. The van der Waals surface area contributed by atoms with E-state index in [0.29, 0.717) is 10.6 Å². The molecular formula is C13H10Cl3NO3S. The van der Waals surface area contributed by atoms with Gasteiger partial charge in [-0.1, -0.05) is 34.8 Å². The summed E-state index contributed by atoms with van der Waals surface area (Å²) in [6, 6.07) is 8.48. The number of hydrogen-bond donors (Lipinski definition) is 2. The van der Waals surface area contributed by atoms with Crippen LogP contribution in [0.15, 0.2) is 41.3 Å². The Morgan fingerprint density at radius 3 is 2.33 bits per heavy atom. The van der Waals surface area contributed by atoms with Crippen molar-refractivity contribution >= 4 is 50.5 Å². The zero-order valence-corrected chi connectivity index (χ0v) is 13.6. The Bertz CT molecular complexity index is 778. The third kappa shape index (κ3) is 3.81. The minimum atomic E-state index is -3.86. The predicted octanol–water partition coefficient (Wildman–Crippen LogP) is 3.94. The van der Waals surface area contributed by atoms with Gasteiger partial charge in [-0.05, 0) is 42.0 Å². The van der Waals surface area contributed by atoms with Crippen molar-refractivity contribution in [1.82, 2.24) is 0 Å². The molecule has 0 fully saturated rings. The summed E-state index contributed by atoms with van der Waals surface area (Å²) in [5.41, 5.74) is 0.487. The minimum absolute atomic E-state index is 0.0352. The van der Waals surface area contributed by atoms with E-state index in [-0.39, 0.29) is 27.2 Å². The number of sulfonamides is 1. The van der Waals surface area contributed by atoms with Gasteiger partial charge in [-0.2, -0.15) is 0 Å². The molecule has 0 bridgehead atoms. The summed E-state index contributed by atoms with van der Waals surface area (Å²) < 4.78 is 27.0. The molecule has 0 spiro atoms. The minimum Gasteiger partial charge on any atom is -0.392 e. The lowest BCUT2D eigenvalue weighted by Gasteiger charge is -2.11. The van der Waals surface area contributed by atoms with Gasteiger partial charge in [0.25, 0.3) is 10.0 Å². The molecule has 21 heavy (non-hydrogen) atoms. The number of nitrogens with one attached hydrogen (secondary N) is 1. The van der Waals surface area contributed by atoms with Crippen molar-refractivity contribution < 1.29 is 13.5 Å². The number of rotatable bonds is 4. The van der Waals surface area contributed by atoms with Crippen LogP contribution in [0.3, 0.4) is 0 Å². The van der Waals surface area contributed by atoms with Crippen LogP contribution in [0, 0.1) is 0 Å². The van der Waals surface area contributed by atoms with Crippen LogP contribution >= 0.6 is 34.8 Å². The summed E-state index contributed by atoms with van der Waals surface area (Å²) in [6.07, 6.45) is 0. The summed E-state index contributed by atoms with van der Waals surface area (Å²) in [5.74, 6) is 0. The average molecular weight is 367 g/mol. The van der Waals surface area contributed by atoms with Gasteiger partial charge in [0.15, 0.2) is 0 Å². The maximum Gasteiger partial charge on any atom is 0.261 e. The second kappa shape index (κ2) is 6.42. The van der Waals surface area contributed by atoms with E-state index in [9.17, 15) is 8.42 Å². The van der Waals surface area contributed by atoms with Crippen LogP contribution in [-0.2, 0) is 16.6 Å². The molecule has 2 aromatic carbocycles. The second-order valence-corrected chi connectivity index (χ2v) is 7.07. The van der Waals surface area contributed by atoms with Crippen LogP contribution in [0.2, 0.25) is 15.1 Å². The van der Waals surface area contributed by atoms with Gasteiger partial charge in [0.1, 0.15) is 0 Å². The van der Waals surface area contributed by atoms with Crippen LogP contribution in [0.25, 0.3) is 0 Å². The van der Waals surface area contributed by atoms with Crippen LogP contribution in [0.4, 0.5) is 5.69 Å². The van der Waals surface area contributed by atoms with Crippen molar-refractivity contribution in [1.29, 1.82) is 0 Å². The van der Waals surface area contributed by atoms with E-state index < -0.39 is 10.0 Å². The Morgan fingerprint density at radius 2 is 1.67 bits per heavy atom. The van der Waals surface area contributed by atoms with Gasteiger partial charge in [-0.15, -0.1) is 0 Å². The van der Waals surface area contributed by atoms with Crippen molar-refractivity contribution in [2.45, 2.75) is 11.5 Å². The van der Waals surface area contributed by atoms with Gasteiger partial charge in [0.05, 0.1) is 22.2 Å². The molecule has 0 atom stereocenters. The van der Waals surface area contributed by atoms with Gasteiger partial charge < -0.3 is 5.11 Å². The van der Waals surface area contributed by atoms with E-state index in [1.54, 1.807) is 6.07 Å². The molecule has 2 rings (SSSR count). The fraction of sp³-hybridized carbons (Fsp3) is 0.0769. The molecule has 2 aromatic rings. The van der Waals surface area contributed by atoms with E-state index in [0.717, 1.165) is 0 Å². The predicted molar refractivity (Wildman–Crippen MR) is 84.6 cm³/mol. The molecule has 0 radical (unpaired) electrons. The Kier molecular flexibility index (Phi) is 5.01. The van der Waals surface area contributed by atoms with Gasteiger partial charge >= 0.3 is 0 Å². The first-order chi connectivity index (χ1) is 9.83. The number of hydrogen-bond acceptors (Lipinski definition) is 3. The van der Waals surface area contributed by atoms with Crippen LogP contribution in [0.1, 0.15) is 5.56 Å². The lowest BCUT2D eigenvalue weighted by atomic mass is 10.2. The maximum atomic E-state index is 12.3. The van der Waals surface area contributed by atoms with Crippen molar-refractivity contribution in [3.63, 3.8) is 0 Å². The highest BCUT2D eigenvalue weighted by Gasteiger charge is 2.17. The fourth-order valence-corrected chi connectivity index (χ4v) is 3.31. The second-order valence-electron chi connectivity index (χ2n) is 4.14. The molecule has 0 aliphatic carbocycles. The monoisotopic (exact) mass is 365 g/mol. The molecule has 8 heteroatoms. The van der Waals surface area contributed by atoms with E-state index in [1.807, 2.05) is 0 Å². The van der Waals surface area contributed by atoms with Gasteiger partial charge in [-0.3, -0.25) is 4.72 Å². The zero-order valence-electron chi connectivity index (χ0n) is 10.5.